The fourth-order valence-corrected chi connectivity index (χ4v) is 3.62. The molecule has 0 saturated carbocycles. The van der Waals surface area contributed by atoms with Crippen molar-refractivity contribution in [2.45, 2.75) is 51.7 Å². The van der Waals surface area contributed by atoms with E-state index in [1.807, 2.05) is 12.1 Å². The lowest BCUT2D eigenvalue weighted by Crippen LogP contribution is -2.44. The molecule has 4 heteroatoms. The first kappa shape index (κ1) is 18.4. The number of rotatable bonds is 8. The Morgan fingerprint density at radius 1 is 1.16 bits per heavy atom. The van der Waals surface area contributed by atoms with Crippen LogP contribution < -0.4 is 5.32 Å². The summed E-state index contributed by atoms with van der Waals surface area (Å²) in [5.74, 6) is 0. The number of hydrogen-bond acceptors (Lipinski definition) is 3. The van der Waals surface area contributed by atoms with E-state index in [4.69, 9.17) is 11.6 Å². The van der Waals surface area contributed by atoms with Crippen LogP contribution in [0.15, 0.2) is 42.6 Å². The van der Waals surface area contributed by atoms with E-state index < -0.39 is 0 Å². The minimum atomic E-state index is 0.504. The zero-order chi connectivity index (χ0) is 17.5. The average Bonchev–Trinajstić information content (AvgIpc) is 2.63. The van der Waals surface area contributed by atoms with E-state index in [1.165, 1.54) is 30.4 Å². The van der Waals surface area contributed by atoms with Crippen LogP contribution in [0.3, 0.4) is 0 Å². The summed E-state index contributed by atoms with van der Waals surface area (Å²) in [4.78, 5) is 7.02. The molecule has 1 N–H and O–H groups in total. The van der Waals surface area contributed by atoms with Gasteiger partial charge in [0, 0.05) is 31.9 Å². The Labute approximate surface area is 156 Å². The van der Waals surface area contributed by atoms with Crippen molar-refractivity contribution < 1.29 is 0 Å². The number of benzene rings is 1. The van der Waals surface area contributed by atoms with Gasteiger partial charge in [-0.05, 0) is 42.6 Å². The average molecular weight is 358 g/mol. The van der Waals surface area contributed by atoms with Crippen molar-refractivity contribution in [1.29, 1.82) is 0 Å². The molecule has 25 heavy (non-hydrogen) atoms. The first-order chi connectivity index (χ1) is 12.2. The van der Waals surface area contributed by atoms with Crippen LogP contribution in [0.25, 0.3) is 0 Å². The number of unbranched alkanes of at least 4 members (excludes halogenated alkanes) is 2. The summed E-state index contributed by atoms with van der Waals surface area (Å²) in [5, 5.41) is 4.41. The standard InChI is InChI=1S/C21H28ClN3/c1-2-3-6-11-25(15-20-10-9-19(22)14-24-20)16-21-12-17-7-4-5-8-18(17)13-23-21/h4-5,7-10,14,21,23H,2-3,6,11-13,15-16H2,1H3/t21-/m1/s1. The number of fused-ring (bicyclic) bond motifs is 1. The molecule has 1 aromatic carbocycles. The Morgan fingerprint density at radius 2 is 2.00 bits per heavy atom. The molecule has 0 amide bonds. The molecule has 0 unspecified atom stereocenters. The Hall–Kier alpha value is -1.42. The van der Waals surface area contributed by atoms with Crippen LogP contribution in [0.4, 0.5) is 0 Å². The number of pyridine rings is 1. The third-order valence-corrected chi connectivity index (χ3v) is 5.12. The van der Waals surface area contributed by atoms with Crippen molar-refractivity contribution in [2.75, 3.05) is 13.1 Å². The Bertz CT molecular complexity index is 656. The second-order valence-electron chi connectivity index (χ2n) is 6.96. The molecule has 1 aliphatic heterocycles. The van der Waals surface area contributed by atoms with Gasteiger partial charge in [0.1, 0.15) is 0 Å². The number of nitrogens with zero attached hydrogens (tertiary/aromatic N) is 2. The molecular weight excluding hydrogens is 330 g/mol. The van der Waals surface area contributed by atoms with Gasteiger partial charge in [-0.2, -0.15) is 0 Å². The number of hydrogen-bond donors (Lipinski definition) is 1. The van der Waals surface area contributed by atoms with Gasteiger partial charge in [0.25, 0.3) is 0 Å². The van der Waals surface area contributed by atoms with Crippen LogP contribution in [-0.2, 0) is 19.5 Å². The van der Waals surface area contributed by atoms with Crippen molar-refractivity contribution in [3.8, 4) is 0 Å². The second kappa shape index (κ2) is 9.33. The molecule has 1 aromatic heterocycles. The molecule has 1 aliphatic rings. The zero-order valence-corrected chi connectivity index (χ0v) is 15.8. The van der Waals surface area contributed by atoms with E-state index in [-0.39, 0.29) is 0 Å². The van der Waals surface area contributed by atoms with E-state index in [0.29, 0.717) is 11.1 Å². The van der Waals surface area contributed by atoms with Crippen molar-refractivity contribution in [3.63, 3.8) is 0 Å². The van der Waals surface area contributed by atoms with Crippen molar-refractivity contribution in [3.05, 3.63) is 64.4 Å². The zero-order valence-electron chi connectivity index (χ0n) is 15.0. The third kappa shape index (κ3) is 5.53. The lowest BCUT2D eigenvalue weighted by atomic mass is 9.95. The quantitative estimate of drug-likeness (QED) is 0.708. The van der Waals surface area contributed by atoms with E-state index in [9.17, 15) is 0 Å². The maximum Gasteiger partial charge on any atom is 0.0589 e. The first-order valence-electron chi connectivity index (χ1n) is 9.37. The minimum absolute atomic E-state index is 0.504. The number of nitrogens with one attached hydrogen (secondary N) is 1. The molecule has 0 saturated heterocycles. The van der Waals surface area contributed by atoms with Crippen LogP contribution in [-0.4, -0.2) is 29.0 Å². The fourth-order valence-electron chi connectivity index (χ4n) is 3.51. The predicted molar refractivity (Wildman–Crippen MR) is 105 cm³/mol. The third-order valence-electron chi connectivity index (χ3n) is 4.90. The van der Waals surface area contributed by atoms with Crippen LogP contribution in [0.1, 0.15) is 43.0 Å². The first-order valence-corrected chi connectivity index (χ1v) is 9.75. The van der Waals surface area contributed by atoms with Crippen LogP contribution in [0.5, 0.6) is 0 Å². The normalized spacial score (nSPS) is 16.8. The van der Waals surface area contributed by atoms with E-state index in [0.717, 1.165) is 38.3 Å². The largest absolute Gasteiger partial charge is 0.308 e. The second-order valence-corrected chi connectivity index (χ2v) is 7.40. The van der Waals surface area contributed by atoms with Crippen molar-refractivity contribution in [2.24, 2.45) is 0 Å². The summed E-state index contributed by atoms with van der Waals surface area (Å²) in [6.07, 6.45) is 6.63. The van der Waals surface area contributed by atoms with Gasteiger partial charge >= 0.3 is 0 Å². The molecule has 0 fully saturated rings. The van der Waals surface area contributed by atoms with Crippen molar-refractivity contribution in [1.82, 2.24) is 15.2 Å². The Kier molecular flexibility index (Phi) is 6.85. The molecule has 2 aromatic rings. The lowest BCUT2D eigenvalue weighted by molar-refractivity contribution is 0.222. The van der Waals surface area contributed by atoms with Crippen molar-refractivity contribution >= 4 is 11.6 Å². The van der Waals surface area contributed by atoms with Gasteiger partial charge in [-0.25, -0.2) is 0 Å². The van der Waals surface area contributed by atoms with Gasteiger partial charge in [0.05, 0.1) is 10.7 Å². The summed E-state index contributed by atoms with van der Waals surface area (Å²) < 4.78 is 0. The van der Waals surface area contributed by atoms with Gasteiger partial charge < -0.3 is 5.32 Å². The molecule has 3 rings (SSSR count). The topological polar surface area (TPSA) is 28.2 Å². The molecule has 0 radical (unpaired) electrons. The van der Waals surface area contributed by atoms with Crippen LogP contribution >= 0.6 is 11.6 Å². The molecule has 134 valence electrons. The Balaban J connectivity index is 1.62. The molecule has 0 spiro atoms. The monoisotopic (exact) mass is 357 g/mol. The molecule has 0 bridgehead atoms. The molecule has 1 atom stereocenters. The van der Waals surface area contributed by atoms with E-state index in [1.54, 1.807) is 6.20 Å². The van der Waals surface area contributed by atoms with Gasteiger partial charge in [-0.3, -0.25) is 9.88 Å². The summed E-state index contributed by atoms with van der Waals surface area (Å²) in [6, 6.07) is 13.3. The van der Waals surface area contributed by atoms with E-state index >= 15 is 0 Å². The Morgan fingerprint density at radius 3 is 2.76 bits per heavy atom. The minimum Gasteiger partial charge on any atom is -0.308 e. The van der Waals surface area contributed by atoms with Gasteiger partial charge in [-0.15, -0.1) is 0 Å². The summed E-state index contributed by atoms with van der Waals surface area (Å²) in [7, 11) is 0. The lowest BCUT2D eigenvalue weighted by Gasteiger charge is -2.31. The van der Waals surface area contributed by atoms with Gasteiger partial charge in [0.15, 0.2) is 0 Å². The molecule has 0 aliphatic carbocycles. The molecule has 3 nitrogen and oxygen atoms in total. The SMILES string of the molecule is CCCCCN(Cc1ccc(Cl)cn1)C[C@H]1Cc2ccccc2CN1. The highest BCUT2D eigenvalue weighted by Gasteiger charge is 2.20. The predicted octanol–water partition coefficient (Wildman–Crippen LogP) is 4.44. The van der Waals surface area contributed by atoms with Crippen LogP contribution in [0, 0.1) is 0 Å². The fraction of sp³-hybridized carbons (Fsp3) is 0.476. The summed E-state index contributed by atoms with van der Waals surface area (Å²) in [5.41, 5.74) is 4.03. The number of halogens is 1. The van der Waals surface area contributed by atoms with Gasteiger partial charge in [0.2, 0.25) is 0 Å². The highest BCUT2D eigenvalue weighted by Crippen LogP contribution is 2.18. The summed E-state index contributed by atoms with van der Waals surface area (Å²) >= 11 is 5.97. The van der Waals surface area contributed by atoms with Gasteiger partial charge in [-0.1, -0.05) is 55.6 Å². The highest BCUT2D eigenvalue weighted by molar-refractivity contribution is 6.30. The van der Waals surface area contributed by atoms with Crippen LogP contribution in [0.2, 0.25) is 5.02 Å². The molecular formula is C21H28ClN3. The van der Waals surface area contributed by atoms with E-state index in [2.05, 4.69) is 46.4 Å². The summed E-state index contributed by atoms with van der Waals surface area (Å²) in [6.45, 7) is 6.30. The maximum atomic E-state index is 5.97. The maximum absolute atomic E-state index is 5.97. The smallest absolute Gasteiger partial charge is 0.0589 e. The highest BCUT2D eigenvalue weighted by atomic mass is 35.5. The number of aromatic nitrogens is 1. The molecule has 2 heterocycles.